The minimum Gasteiger partial charge on any atom is -0.550 e. The van der Waals surface area contributed by atoms with Crippen LogP contribution in [0.1, 0.15) is 12.8 Å². The Bertz CT molecular complexity index is 427. The minimum absolute atomic E-state index is 0.0499. The number of ether oxygens (including phenoxy) is 1. The van der Waals surface area contributed by atoms with Crippen molar-refractivity contribution in [2.45, 2.75) is 25.0 Å². The topological polar surface area (TPSA) is 69.7 Å². The van der Waals surface area contributed by atoms with E-state index in [0.29, 0.717) is 13.1 Å². The van der Waals surface area contributed by atoms with Crippen molar-refractivity contribution in [2.75, 3.05) is 40.3 Å². The smallest absolute Gasteiger partial charge is 0.229 e. The summed E-state index contributed by atoms with van der Waals surface area (Å²) in [6.07, 6.45) is 0.979. The van der Waals surface area contributed by atoms with Gasteiger partial charge in [0.15, 0.2) is 0 Å². The molecule has 3 saturated heterocycles. The Kier molecular flexibility index (Phi) is 3.25. The van der Waals surface area contributed by atoms with Crippen LogP contribution in [0.5, 0.6) is 0 Å². The van der Waals surface area contributed by atoms with Crippen molar-refractivity contribution in [3.63, 3.8) is 0 Å². The van der Waals surface area contributed by atoms with Crippen molar-refractivity contribution in [2.24, 2.45) is 11.8 Å². The van der Waals surface area contributed by atoms with E-state index in [1.165, 1.54) is 0 Å². The van der Waals surface area contributed by atoms with E-state index in [2.05, 4.69) is 14.1 Å². The molecule has 3 aliphatic rings. The average Bonchev–Trinajstić information content (AvgIpc) is 2.97. The summed E-state index contributed by atoms with van der Waals surface area (Å²) in [5, 5.41) is 11.3. The zero-order valence-corrected chi connectivity index (χ0v) is 12.1. The Labute approximate surface area is 118 Å². The summed E-state index contributed by atoms with van der Waals surface area (Å²) in [6, 6.07) is 0. The highest BCUT2D eigenvalue weighted by atomic mass is 16.5. The highest BCUT2D eigenvalue weighted by Gasteiger charge is 2.54. The number of likely N-dealkylation sites (N-methyl/N-ethyl adjacent to an activating group) is 1. The van der Waals surface area contributed by atoms with E-state index in [0.717, 1.165) is 30.4 Å². The lowest BCUT2D eigenvalue weighted by molar-refractivity contribution is -0.894. The Morgan fingerprint density at radius 3 is 2.20 bits per heavy atom. The third-order valence-electron chi connectivity index (χ3n) is 5.09. The first-order valence-corrected chi connectivity index (χ1v) is 7.36. The van der Waals surface area contributed by atoms with Crippen LogP contribution in [0.2, 0.25) is 0 Å². The second-order valence-electron chi connectivity index (χ2n) is 6.87. The number of hydrogen-bond donors (Lipinski definition) is 0. The van der Waals surface area contributed by atoms with Crippen LogP contribution in [0, 0.1) is 11.8 Å². The van der Waals surface area contributed by atoms with Crippen LogP contribution in [0.3, 0.4) is 0 Å². The van der Waals surface area contributed by atoms with Gasteiger partial charge in [-0.1, -0.05) is 0 Å². The molecule has 4 atom stereocenters. The SMILES string of the molecule is C[N+]1(C)CCN(C(=O)C2C(C(=O)[O-])[C@H]3CC[C@H]2O3)CC1. The van der Waals surface area contributed by atoms with Crippen molar-refractivity contribution in [3.8, 4) is 0 Å². The van der Waals surface area contributed by atoms with Gasteiger partial charge in [0.2, 0.25) is 5.91 Å². The van der Waals surface area contributed by atoms with Gasteiger partial charge in [-0.25, -0.2) is 0 Å². The van der Waals surface area contributed by atoms with Crippen LogP contribution in [-0.2, 0) is 14.3 Å². The van der Waals surface area contributed by atoms with Crippen LogP contribution >= 0.6 is 0 Å². The Balaban J connectivity index is 1.72. The largest absolute Gasteiger partial charge is 0.550 e. The fraction of sp³-hybridized carbons (Fsp3) is 0.857. The van der Waals surface area contributed by atoms with Gasteiger partial charge >= 0.3 is 0 Å². The van der Waals surface area contributed by atoms with E-state index in [9.17, 15) is 14.7 Å². The third-order valence-corrected chi connectivity index (χ3v) is 5.09. The summed E-state index contributed by atoms with van der Waals surface area (Å²) in [6.45, 7) is 3.20. The zero-order chi connectivity index (χ0) is 14.5. The number of fused-ring (bicyclic) bond motifs is 2. The Hall–Kier alpha value is -1.14. The molecule has 3 heterocycles. The second kappa shape index (κ2) is 4.70. The first-order chi connectivity index (χ1) is 9.39. The molecule has 0 saturated carbocycles. The molecule has 2 unspecified atom stereocenters. The van der Waals surface area contributed by atoms with Crippen LogP contribution in [0.15, 0.2) is 0 Å². The fourth-order valence-electron chi connectivity index (χ4n) is 3.73. The molecule has 6 heteroatoms. The van der Waals surface area contributed by atoms with Crippen molar-refractivity contribution in [1.82, 2.24) is 4.90 Å². The molecule has 0 spiro atoms. The van der Waals surface area contributed by atoms with E-state index in [1.807, 2.05) is 4.90 Å². The molecule has 1 amide bonds. The summed E-state index contributed by atoms with van der Waals surface area (Å²) >= 11 is 0. The Morgan fingerprint density at radius 1 is 1.10 bits per heavy atom. The summed E-state index contributed by atoms with van der Waals surface area (Å²) < 4.78 is 6.54. The summed E-state index contributed by atoms with van der Waals surface area (Å²) in [7, 11) is 4.29. The molecule has 0 aromatic carbocycles. The molecular weight excluding hydrogens is 260 g/mol. The number of carbonyl (C=O) groups is 2. The lowest BCUT2D eigenvalue weighted by Crippen LogP contribution is -2.58. The maximum absolute atomic E-state index is 12.7. The van der Waals surface area contributed by atoms with Crippen LogP contribution in [0.25, 0.3) is 0 Å². The number of nitrogens with zero attached hydrogens (tertiary/aromatic N) is 2. The third kappa shape index (κ3) is 2.20. The summed E-state index contributed by atoms with van der Waals surface area (Å²) in [5.74, 6) is -2.48. The average molecular weight is 282 g/mol. The monoisotopic (exact) mass is 282 g/mol. The molecule has 0 N–H and O–H groups in total. The Morgan fingerprint density at radius 2 is 1.65 bits per heavy atom. The minimum atomic E-state index is -1.14. The number of carboxylic acids is 1. The lowest BCUT2D eigenvalue weighted by atomic mass is 9.78. The number of amides is 1. The fourth-order valence-corrected chi connectivity index (χ4v) is 3.73. The van der Waals surface area contributed by atoms with E-state index < -0.39 is 17.8 Å². The number of hydrogen-bond acceptors (Lipinski definition) is 4. The van der Waals surface area contributed by atoms with Gasteiger partial charge in [-0.05, 0) is 12.8 Å². The summed E-state index contributed by atoms with van der Waals surface area (Å²) in [5.41, 5.74) is 0. The summed E-state index contributed by atoms with van der Waals surface area (Å²) in [4.78, 5) is 25.8. The van der Waals surface area contributed by atoms with E-state index in [1.54, 1.807) is 0 Å². The molecule has 3 rings (SSSR count). The van der Waals surface area contributed by atoms with Crippen molar-refractivity contribution in [1.29, 1.82) is 0 Å². The molecule has 0 aromatic rings. The van der Waals surface area contributed by atoms with E-state index in [-0.39, 0.29) is 18.1 Å². The van der Waals surface area contributed by atoms with Crippen LogP contribution in [0.4, 0.5) is 0 Å². The van der Waals surface area contributed by atoms with E-state index >= 15 is 0 Å². The van der Waals surface area contributed by atoms with Gasteiger partial charge in [0, 0.05) is 11.9 Å². The van der Waals surface area contributed by atoms with Gasteiger partial charge < -0.3 is 24.0 Å². The molecule has 6 nitrogen and oxygen atoms in total. The molecule has 0 aliphatic carbocycles. The van der Waals surface area contributed by atoms with Crippen LogP contribution in [-0.4, -0.2) is 73.7 Å². The van der Waals surface area contributed by atoms with Gasteiger partial charge in [-0.3, -0.25) is 4.79 Å². The molecule has 2 bridgehead atoms. The normalized spacial score (nSPS) is 39.0. The first kappa shape index (κ1) is 13.8. The first-order valence-electron chi connectivity index (χ1n) is 7.36. The number of carboxylic acid groups (broad SMARTS) is 1. The highest BCUT2D eigenvalue weighted by Crippen LogP contribution is 2.44. The van der Waals surface area contributed by atoms with Gasteiger partial charge in [0.1, 0.15) is 0 Å². The molecule has 112 valence electrons. The van der Waals surface area contributed by atoms with E-state index in [4.69, 9.17) is 4.74 Å². The maximum atomic E-state index is 12.7. The second-order valence-corrected chi connectivity index (χ2v) is 6.87. The number of quaternary nitrogens is 1. The standard InChI is InChI=1S/C14H22N2O4/c1-16(2)7-5-15(6-8-16)13(17)11-9-3-4-10(20-9)12(11)14(18)19/h9-12H,3-8H2,1-2H3/t9-,10-,11?,12?/m1/s1. The van der Waals surface area contributed by atoms with Gasteiger partial charge in [0.25, 0.3) is 0 Å². The van der Waals surface area contributed by atoms with Gasteiger partial charge in [-0.15, -0.1) is 0 Å². The predicted molar refractivity (Wildman–Crippen MR) is 68.3 cm³/mol. The molecular formula is C14H22N2O4. The van der Waals surface area contributed by atoms with Crippen molar-refractivity contribution >= 4 is 11.9 Å². The number of rotatable bonds is 2. The quantitative estimate of drug-likeness (QED) is 0.575. The highest BCUT2D eigenvalue weighted by molar-refractivity contribution is 5.86. The van der Waals surface area contributed by atoms with Gasteiger partial charge in [-0.2, -0.15) is 0 Å². The van der Waals surface area contributed by atoms with Crippen LogP contribution < -0.4 is 5.11 Å². The maximum Gasteiger partial charge on any atom is 0.229 e. The number of aliphatic carboxylic acids is 1. The molecule has 3 aliphatic heterocycles. The molecule has 20 heavy (non-hydrogen) atoms. The molecule has 0 radical (unpaired) electrons. The predicted octanol–water partition coefficient (Wildman–Crippen LogP) is -1.55. The molecule has 3 fully saturated rings. The molecule has 0 aromatic heterocycles. The lowest BCUT2D eigenvalue weighted by Gasteiger charge is -2.41. The number of carbonyl (C=O) groups excluding carboxylic acids is 2. The van der Waals surface area contributed by atoms with Crippen molar-refractivity contribution < 1.29 is 23.9 Å². The van der Waals surface area contributed by atoms with Gasteiger partial charge in [0.05, 0.1) is 58.4 Å². The van der Waals surface area contributed by atoms with Crippen molar-refractivity contribution in [3.05, 3.63) is 0 Å². The number of piperazine rings is 1. The zero-order valence-electron chi connectivity index (χ0n) is 12.1.